The van der Waals surface area contributed by atoms with E-state index in [-0.39, 0.29) is 30.8 Å². The molecule has 338 valence electrons. The van der Waals surface area contributed by atoms with Gasteiger partial charge in [0.2, 0.25) is 0 Å². The summed E-state index contributed by atoms with van der Waals surface area (Å²) in [7, 11) is 3.12. The van der Waals surface area contributed by atoms with Gasteiger partial charge in [0.05, 0.1) is 13.2 Å². The van der Waals surface area contributed by atoms with Gasteiger partial charge in [0.15, 0.2) is 24.1 Å². The second-order valence-electron chi connectivity index (χ2n) is 15.6. The molecule has 2 saturated heterocycles. The molecule has 2 fully saturated rings. The number of ether oxygens (including phenoxy) is 6. The molecule has 14 heteroatoms. The highest BCUT2D eigenvalue weighted by molar-refractivity contribution is 6.61. The molecule has 2 aliphatic rings. The highest BCUT2D eigenvalue weighted by Crippen LogP contribution is 2.26. The van der Waals surface area contributed by atoms with Crippen molar-refractivity contribution in [3.05, 3.63) is 107 Å². The molecule has 0 aliphatic carbocycles. The average molecular weight is 867 g/mol. The van der Waals surface area contributed by atoms with Crippen LogP contribution in [0.2, 0.25) is 0 Å². The van der Waals surface area contributed by atoms with Crippen molar-refractivity contribution in [2.75, 3.05) is 34.5 Å². The molecule has 2 aliphatic heterocycles. The minimum Gasteiger partial charge on any atom is -0.457 e. The second-order valence-corrected chi connectivity index (χ2v) is 15.6. The second kappa shape index (κ2) is 27.1. The van der Waals surface area contributed by atoms with Gasteiger partial charge >= 0.3 is 14.2 Å². The first kappa shape index (κ1) is 49.6. The molecule has 0 spiro atoms. The average Bonchev–Trinajstić information content (AvgIpc) is 3.33. The van der Waals surface area contributed by atoms with Crippen molar-refractivity contribution in [2.24, 2.45) is 0 Å². The van der Waals surface area contributed by atoms with E-state index in [2.05, 4.69) is 13.8 Å². The van der Waals surface area contributed by atoms with Crippen LogP contribution in [0.5, 0.6) is 23.0 Å². The zero-order chi connectivity index (χ0) is 44.8. The van der Waals surface area contributed by atoms with E-state index in [9.17, 15) is 14.6 Å². The lowest BCUT2D eigenvalue weighted by atomic mass is 9.76. The number of carbonyl (C=O) groups is 2. The van der Waals surface area contributed by atoms with Crippen LogP contribution in [-0.2, 0) is 46.1 Å². The molecule has 6 rings (SSSR count). The summed E-state index contributed by atoms with van der Waals surface area (Å²) in [5.41, 5.74) is 4.60. The molecule has 2 unspecified atom stereocenters. The van der Waals surface area contributed by atoms with E-state index in [0.717, 1.165) is 87.4 Å². The summed E-state index contributed by atoms with van der Waals surface area (Å²) >= 11 is 0. The van der Waals surface area contributed by atoms with Gasteiger partial charge in [0.1, 0.15) is 23.0 Å². The number of unbranched alkanes of at least 4 members (excludes halogenated alkanes) is 2. The molecule has 0 amide bonds. The van der Waals surface area contributed by atoms with Crippen molar-refractivity contribution in [1.29, 1.82) is 0 Å². The van der Waals surface area contributed by atoms with Gasteiger partial charge in [-0.15, -0.1) is 0 Å². The Balaban J connectivity index is 0.000000238. The maximum atomic E-state index is 12.2. The van der Waals surface area contributed by atoms with Crippen molar-refractivity contribution in [1.82, 2.24) is 0 Å². The molecule has 4 aromatic rings. The summed E-state index contributed by atoms with van der Waals surface area (Å²) < 4.78 is 51.3. The Hall–Kier alpha value is -4.37. The van der Waals surface area contributed by atoms with E-state index in [1.165, 1.54) is 7.11 Å². The Morgan fingerprint density at radius 2 is 1.02 bits per heavy atom. The SMILES string of the molecule is CCCCC(=O)c1ccc(Oc2ccc(B(O)OC)c(COC3CCCCO3)c2)cc1.CCCCC(=O)c1ccc(Oc2ccc(B(OC)OC)c(COC3CCCCO3)c2)cc1. The topological polar surface area (TPSA) is 137 Å². The number of benzene rings is 4. The third-order valence-electron chi connectivity index (χ3n) is 10.9. The van der Waals surface area contributed by atoms with E-state index < -0.39 is 14.2 Å². The third kappa shape index (κ3) is 16.0. The number of hydrogen-bond acceptors (Lipinski definition) is 12. The predicted molar refractivity (Wildman–Crippen MR) is 244 cm³/mol. The number of rotatable bonds is 23. The lowest BCUT2D eigenvalue weighted by molar-refractivity contribution is -0.169. The van der Waals surface area contributed by atoms with Crippen LogP contribution in [0.25, 0.3) is 0 Å². The lowest BCUT2D eigenvalue weighted by Crippen LogP contribution is -2.38. The van der Waals surface area contributed by atoms with E-state index >= 15 is 0 Å². The molecule has 0 bridgehead atoms. The van der Waals surface area contributed by atoms with E-state index in [0.29, 0.717) is 65.6 Å². The lowest BCUT2D eigenvalue weighted by Gasteiger charge is -2.24. The summed E-state index contributed by atoms with van der Waals surface area (Å²) in [6.45, 7) is 6.24. The Labute approximate surface area is 374 Å². The van der Waals surface area contributed by atoms with Crippen molar-refractivity contribution < 1.29 is 57.0 Å². The summed E-state index contributed by atoms with van der Waals surface area (Å²) in [4.78, 5) is 24.3. The maximum Gasteiger partial charge on any atom is 0.493 e. The molecule has 63 heavy (non-hydrogen) atoms. The van der Waals surface area contributed by atoms with Crippen LogP contribution in [-0.4, -0.2) is 78.0 Å². The molecular weight excluding hydrogens is 802 g/mol. The van der Waals surface area contributed by atoms with E-state index in [4.69, 9.17) is 42.4 Å². The van der Waals surface area contributed by atoms with E-state index in [1.807, 2.05) is 48.5 Å². The van der Waals surface area contributed by atoms with Gasteiger partial charge < -0.3 is 47.4 Å². The predicted octanol–water partition coefficient (Wildman–Crippen LogP) is 9.11. The molecule has 4 aromatic carbocycles. The maximum absolute atomic E-state index is 12.2. The molecule has 2 heterocycles. The number of carbonyl (C=O) groups excluding carboxylic acids is 2. The Bertz CT molecular complexity index is 1960. The first-order valence-electron chi connectivity index (χ1n) is 22.4. The van der Waals surface area contributed by atoms with Crippen LogP contribution < -0.4 is 20.4 Å². The summed E-state index contributed by atoms with van der Waals surface area (Å²) in [5, 5.41) is 10.2. The fourth-order valence-corrected chi connectivity index (χ4v) is 7.19. The van der Waals surface area contributed by atoms with Gasteiger partial charge in [-0.25, -0.2) is 0 Å². The molecule has 12 nitrogen and oxygen atoms in total. The monoisotopic (exact) mass is 866 g/mol. The van der Waals surface area contributed by atoms with Crippen LogP contribution in [0, 0.1) is 0 Å². The number of Topliss-reactive ketones (excluding diaryl/α,β-unsaturated/α-hetero) is 2. The normalized spacial score (nSPS) is 16.1. The number of hydrogen-bond donors (Lipinski definition) is 1. The minimum absolute atomic E-state index is 0.149. The summed E-state index contributed by atoms with van der Waals surface area (Å²) in [6, 6.07) is 25.6. The Morgan fingerprint density at radius 1 is 0.587 bits per heavy atom. The van der Waals surface area contributed by atoms with Crippen molar-refractivity contribution in [3.63, 3.8) is 0 Å². The van der Waals surface area contributed by atoms with Gasteiger partial charge in [-0.1, -0.05) is 38.8 Å². The van der Waals surface area contributed by atoms with Gasteiger partial charge in [-0.3, -0.25) is 9.59 Å². The molecule has 1 N–H and O–H groups in total. The van der Waals surface area contributed by atoms with Gasteiger partial charge in [0, 0.05) is 58.5 Å². The Morgan fingerprint density at radius 3 is 1.41 bits per heavy atom. The zero-order valence-corrected chi connectivity index (χ0v) is 37.6. The summed E-state index contributed by atoms with van der Waals surface area (Å²) in [6.07, 6.45) is 10.6. The smallest absolute Gasteiger partial charge is 0.457 e. The van der Waals surface area contributed by atoms with Crippen LogP contribution in [0.15, 0.2) is 84.9 Å². The van der Waals surface area contributed by atoms with Crippen LogP contribution in [0.4, 0.5) is 0 Å². The Kier molecular flexibility index (Phi) is 21.3. The molecule has 0 radical (unpaired) electrons. The fraction of sp³-hybridized carbons (Fsp3) is 0.469. The van der Waals surface area contributed by atoms with Crippen molar-refractivity contribution >= 4 is 36.7 Å². The first-order valence-corrected chi connectivity index (χ1v) is 22.4. The van der Waals surface area contributed by atoms with Crippen molar-refractivity contribution in [3.8, 4) is 23.0 Å². The highest BCUT2D eigenvalue weighted by Gasteiger charge is 2.25. The molecule has 2 atom stereocenters. The van der Waals surface area contributed by atoms with Crippen LogP contribution in [0.1, 0.15) is 123 Å². The molecular formula is C49H64B2O12. The zero-order valence-electron chi connectivity index (χ0n) is 37.6. The van der Waals surface area contributed by atoms with Gasteiger partial charge in [0.25, 0.3) is 0 Å². The van der Waals surface area contributed by atoms with E-state index in [1.54, 1.807) is 50.6 Å². The fourth-order valence-electron chi connectivity index (χ4n) is 7.19. The van der Waals surface area contributed by atoms with Crippen molar-refractivity contribution in [2.45, 2.75) is 117 Å². The number of ketones is 2. The van der Waals surface area contributed by atoms with Crippen LogP contribution in [0.3, 0.4) is 0 Å². The van der Waals surface area contributed by atoms with Crippen LogP contribution >= 0.6 is 0 Å². The molecule has 0 saturated carbocycles. The summed E-state index contributed by atoms with van der Waals surface area (Å²) in [5.74, 6) is 2.90. The highest BCUT2D eigenvalue weighted by atomic mass is 16.7. The first-order chi connectivity index (χ1) is 30.7. The van der Waals surface area contributed by atoms with Gasteiger partial charge in [-0.05, 0) is 146 Å². The largest absolute Gasteiger partial charge is 0.493 e. The quantitative estimate of drug-likeness (QED) is 0.0563. The van der Waals surface area contributed by atoms with Gasteiger partial charge in [-0.2, -0.15) is 0 Å². The minimum atomic E-state index is -1.05. The standard InChI is InChI=1S/C25H33BO6.C24H31BO6/c1-4-5-8-24(27)19-10-12-21(13-11-19)32-22-14-15-23(26(28-2)29-3)20(17-22)18-31-25-9-6-7-16-30-25;1-3-4-7-23(26)18-9-11-20(12-10-18)31-21-13-14-22(25(27)28-2)19(16-21)17-30-24-8-5-6-15-29-24/h10-15,17,25H,4-9,16,18H2,1-3H3;9-14,16,24,27H,3-8,15,17H2,1-2H3. The molecule has 0 aromatic heterocycles. The third-order valence-corrected chi connectivity index (χ3v) is 10.9.